The third-order valence-electron chi connectivity index (χ3n) is 3.39. The minimum Gasteiger partial charge on any atom is -0.312 e. The van der Waals surface area contributed by atoms with Gasteiger partial charge in [-0.1, -0.05) is 37.3 Å². The second-order valence-electron chi connectivity index (χ2n) is 4.91. The van der Waals surface area contributed by atoms with Crippen LogP contribution in [-0.4, -0.2) is 32.5 Å². The zero-order valence-electron chi connectivity index (χ0n) is 11.9. The van der Waals surface area contributed by atoms with Crippen molar-refractivity contribution in [2.24, 2.45) is 0 Å². The first-order valence-corrected chi connectivity index (χ1v) is 8.41. The summed E-state index contributed by atoms with van der Waals surface area (Å²) in [6.45, 7) is 3.65. The Morgan fingerprint density at radius 3 is 2.80 bits per heavy atom. The lowest BCUT2D eigenvalue weighted by molar-refractivity contribution is 0.629. The molecule has 108 valence electrons. The van der Waals surface area contributed by atoms with Crippen molar-refractivity contribution in [1.29, 1.82) is 0 Å². The molecule has 2 N–H and O–H groups in total. The zero-order chi connectivity index (χ0) is 14.4. The molecule has 1 heterocycles. The second kappa shape index (κ2) is 7.36. The largest absolute Gasteiger partial charge is 0.312 e. The normalized spacial score (nSPS) is 14.1. The van der Waals surface area contributed by atoms with Crippen LogP contribution >= 0.6 is 0 Å². The Hall–Kier alpha value is -1.46. The summed E-state index contributed by atoms with van der Waals surface area (Å²) >= 11 is 0. The quantitative estimate of drug-likeness (QED) is 0.770. The molecule has 0 bridgehead atoms. The number of nitrogens with zero attached hydrogens (tertiary/aromatic N) is 1. The fourth-order valence-corrected chi connectivity index (χ4v) is 2.44. The van der Waals surface area contributed by atoms with E-state index in [-0.39, 0.29) is 5.25 Å². The number of hydrogen-bond acceptors (Lipinski definition) is 3. The van der Waals surface area contributed by atoms with Crippen LogP contribution in [0.15, 0.2) is 36.5 Å². The molecule has 0 amide bonds. The molecule has 2 rings (SSSR count). The standard InChI is InChI=1S/C15H21N3OS/c1-12(20(2)19)8-9-16-10-14-11-17-18-15(14)13-6-4-3-5-7-13/h3-7,11-12,16H,8-10H2,1-2H3,(H,17,18). The third-order valence-corrected chi connectivity index (χ3v) is 4.76. The lowest BCUT2D eigenvalue weighted by Crippen LogP contribution is -2.21. The van der Waals surface area contributed by atoms with Crippen LogP contribution in [0.4, 0.5) is 0 Å². The van der Waals surface area contributed by atoms with Crippen molar-refractivity contribution >= 4 is 10.8 Å². The average Bonchev–Trinajstić information content (AvgIpc) is 2.92. The summed E-state index contributed by atoms with van der Waals surface area (Å²) in [5, 5.41) is 10.8. The molecule has 0 aliphatic carbocycles. The average molecular weight is 291 g/mol. The van der Waals surface area contributed by atoms with Gasteiger partial charge in [0.05, 0.1) is 11.9 Å². The Kier molecular flexibility index (Phi) is 5.49. The van der Waals surface area contributed by atoms with Crippen LogP contribution in [0.25, 0.3) is 11.3 Å². The monoisotopic (exact) mass is 291 g/mol. The van der Waals surface area contributed by atoms with Gasteiger partial charge >= 0.3 is 0 Å². The minimum atomic E-state index is -0.743. The number of aromatic amines is 1. The number of benzene rings is 1. The van der Waals surface area contributed by atoms with Crippen molar-refractivity contribution in [2.45, 2.75) is 25.1 Å². The minimum absolute atomic E-state index is 0.237. The summed E-state index contributed by atoms with van der Waals surface area (Å²) in [6, 6.07) is 10.2. The SMILES string of the molecule is CC(CCNCc1cn[nH]c1-c1ccccc1)S(C)=O. The molecule has 1 aromatic heterocycles. The maximum Gasteiger partial charge on any atom is 0.0695 e. The highest BCUT2D eigenvalue weighted by molar-refractivity contribution is 7.84. The van der Waals surface area contributed by atoms with E-state index in [0.717, 1.165) is 36.3 Å². The van der Waals surface area contributed by atoms with E-state index in [4.69, 9.17) is 0 Å². The maximum atomic E-state index is 11.3. The molecule has 0 fully saturated rings. The first-order valence-electron chi connectivity index (χ1n) is 6.79. The van der Waals surface area contributed by atoms with Gasteiger partial charge in [0, 0.05) is 34.4 Å². The molecule has 4 nitrogen and oxygen atoms in total. The van der Waals surface area contributed by atoms with Gasteiger partial charge in [0.1, 0.15) is 0 Å². The van der Waals surface area contributed by atoms with Crippen LogP contribution in [-0.2, 0) is 17.3 Å². The van der Waals surface area contributed by atoms with Crippen molar-refractivity contribution in [1.82, 2.24) is 15.5 Å². The van der Waals surface area contributed by atoms with Crippen LogP contribution < -0.4 is 5.32 Å². The van der Waals surface area contributed by atoms with Gasteiger partial charge < -0.3 is 5.32 Å². The molecule has 20 heavy (non-hydrogen) atoms. The Morgan fingerprint density at radius 1 is 1.35 bits per heavy atom. The number of hydrogen-bond donors (Lipinski definition) is 2. The van der Waals surface area contributed by atoms with Gasteiger partial charge in [-0.05, 0) is 18.5 Å². The predicted molar refractivity (Wildman–Crippen MR) is 83.9 cm³/mol. The van der Waals surface area contributed by atoms with Crippen molar-refractivity contribution in [3.05, 3.63) is 42.1 Å². The molecule has 2 unspecified atom stereocenters. The molecular formula is C15H21N3OS. The molecule has 0 saturated heterocycles. The summed E-state index contributed by atoms with van der Waals surface area (Å²) in [5.74, 6) is 0. The fraction of sp³-hybridized carbons (Fsp3) is 0.400. The lowest BCUT2D eigenvalue weighted by atomic mass is 10.1. The van der Waals surface area contributed by atoms with E-state index < -0.39 is 10.8 Å². The highest BCUT2D eigenvalue weighted by Gasteiger charge is 2.08. The van der Waals surface area contributed by atoms with E-state index in [1.54, 1.807) is 6.26 Å². The van der Waals surface area contributed by atoms with Crippen molar-refractivity contribution in [2.75, 3.05) is 12.8 Å². The summed E-state index contributed by atoms with van der Waals surface area (Å²) in [6.07, 6.45) is 4.53. The highest BCUT2D eigenvalue weighted by atomic mass is 32.2. The summed E-state index contributed by atoms with van der Waals surface area (Å²) in [5.41, 5.74) is 3.36. The van der Waals surface area contributed by atoms with Crippen molar-refractivity contribution < 1.29 is 4.21 Å². The number of aromatic nitrogens is 2. The predicted octanol–water partition coefficient (Wildman–Crippen LogP) is 2.32. The first kappa shape index (κ1) is 14.9. The van der Waals surface area contributed by atoms with E-state index in [1.165, 1.54) is 0 Å². The Labute approximate surface area is 122 Å². The Morgan fingerprint density at radius 2 is 2.10 bits per heavy atom. The van der Waals surface area contributed by atoms with Gasteiger partial charge in [-0.2, -0.15) is 5.10 Å². The number of rotatable bonds is 7. The van der Waals surface area contributed by atoms with E-state index in [2.05, 4.69) is 27.6 Å². The molecule has 5 heteroatoms. The van der Waals surface area contributed by atoms with E-state index in [0.29, 0.717) is 0 Å². The molecule has 0 aliphatic rings. The second-order valence-corrected chi connectivity index (χ2v) is 6.71. The zero-order valence-corrected chi connectivity index (χ0v) is 12.7. The molecule has 0 aliphatic heterocycles. The van der Waals surface area contributed by atoms with Gasteiger partial charge in [0.2, 0.25) is 0 Å². The van der Waals surface area contributed by atoms with Gasteiger partial charge in [0.25, 0.3) is 0 Å². The van der Waals surface area contributed by atoms with Crippen molar-refractivity contribution in [3.8, 4) is 11.3 Å². The van der Waals surface area contributed by atoms with Gasteiger partial charge in [0.15, 0.2) is 0 Å². The fourth-order valence-electron chi connectivity index (χ4n) is 1.99. The van der Waals surface area contributed by atoms with Gasteiger partial charge in [-0.3, -0.25) is 9.31 Å². The molecular weight excluding hydrogens is 270 g/mol. The summed E-state index contributed by atoms with van der Waals surface area (Å²) in [4.78, 5) is 0. The number of H-pyrrole nitrogens is 1. The molecule has 2 aromatic rings. The van der Waals surface area contributed by atoms with Crippen LogP contribution in [0.1, 0.15) is 18.9 Å². The van der Waals surface area contributed by atoms with Gasteiger partial charge in [-0.25, -0.2) is 0 Å². The molecule has 0 saturated carbocycles. The number of nitrogens with one attached hydrogen (secondary N) is 2. The van der Waals surface area contributed by atoms with Crippen LogP contribution in [0.2, 0.25) is 0 Å². The molecule has 1 aromatic carbocycles. The molecule has 2 atom stereocenters. The smallest absolute Gasteiger partial charge is 0.0695 e. The van der Waals surface area contributed by atoms with Gasteiger partial charge in [-0.15, -0.1) is 0 Å². The van der Waals surface area contributed by atoms with E-state index in [9.17, 15) is 4.21 Å². The Balaban J connectivity index is 1.89. The van der Waals surface area contributed by atoms with Crippen LogP contribution in [0.3, 0.4) is 0 Å². The molecule has 0 spiro atoms. The first-order chi connectivity index (χ1) is 9.68. The van der Waals surface area contributed by atoms with Crippen LogP contribution in [0, 0.1) is 0 Å². The summed E-state index contributed by atoms with van der Waals surface area (Å²) in [7, 11) is -0.743. The molecule has 0 radical (unpaired) electrons. The highest BCUT2D eigenvalue weighted by Crippen LogP contribution is 2.20. The van der Waals surface area contributed by atoms with Crippen molar-refractivity contribution in [3.63, 3.8) is 0 Å². The topological polar surface area (TPSA) is 57.8 Å². The Bertz CT molecular complexity index is 553. The summed E-state index contributed by atoms with van der Waals surface area (Å²) < 4.78 is 11.3. The van der Waals surface area contributed by atoms with Crippen LogP contribution in [0.5, 0.6) is 0 Å². The maximum absolute atomic E-state index is 11.3. The third kappa shape index (κ3) is 4.02. The van der Waals surface area contributed by atoms with E-state index >= 15 is 0 Å². The van der Waals surface area contributed by atoms with E-state index in [1.807, 2.05) is 31.3 Å². The lowest BCUT2D eigenvalue weighted by Gasteiger charge is -2.09.